The van der Waals surface area contributed by atoms with Crippen LogP contribution < -0.4 is 0 Å². The van der Waals surface area contributed by atoms with Crippen molar-refractivity contribution in [2.45, 2.75) is 38.9 Å². The predicted molar refractivity (Wildman–Crippen MR) is 75.6 cm³/mol. The van der Waals surface area contributed by atoms with E-state index in [-0.39, 0.29) is 12.2 Å². The van der Waals surface area contributed by atoms with Crippen molar-refractivity contribution in [3.05, 3.63) is 60.2 Å². The largest absolute Gasteiger partial charge is 0.362 e. The molecule has 2 rings (SSSR count). The van der Waals surface area contributed by atoms with E-state index >= 15 is 0 Å². The number of ether oxygens (including phenoxy) is 1. The van der Waals surface area contributed by atoms with E-state index in [1.54, 1.807) is 0 Å². The number of pyridine rings is 2. The summed E-state index contributed by atoms with van der Waals surface area (Å²) in [4.78, 5) is 8.77. The molecule has 0 aliphatic carbocycles. The van der Waals surface area contributed by atoms with Crippen molar-refractivity contribution in [2.24, 2.45) is 0 Å². The van der Waals surface area contributed by atoms with Gasteiger partial charge in [0, 0.05) is 12.4 Å². The van der Waals surface area contributed by atoms with Crippen LogP contribution in [0, 0.1) is 0 Å². The Balaban J connectivity index is 2.13. The van der Waals surface area contributed by atoms with E-state index in [1.165, 1.54) is 0 Å². The van der Waals surface area contributed by atoms with Crippen molar-refractivity contribution in [2.75, 3.05) is 0 Å². The molecule has 2 aromatic heterocycles. The maximum atomic E-state index is 6.20. The molecule has 0 saturated heterocycles. The van der Waals surface area contributed by atoms with Gasteiger partial charge in [-0.3, -0.25) is 9.97 Å². The SMILES string of the molecule is CCC(OC(CC)c1ccccn1)c1ccccn1. The summed E-state index contributed by atoms with van der Waals surface area (Å²) in [6.07, 6.45) is 5.47. The van der Waals surface area contributed by atoms with Gasteiger partial charge in [-0.2, -0.15) is 0 Å². The van der Waals surface area contributed by atoms with Crippen LogP contribution >= 0.6 is 0 Å². The second kappa shape index (κ2) is 7.00. The fraction of sp³-hybridized carbons (Fsp3) is 0.375. The minimum atomic E-state index is 0.0214. The molecule has 100 valence electrons. The molecule has 0 saturated carbocycles. The van der Waals surface area contributed by atoms with Crippen LogP contribution in [-0.4, -0.2) is 9.97 Å². The summed E-state index contributed by atoms with van der Waals surface area (Å²) in [5, 5.41) is 0. The van der Waals surface area contributed by atoms with Gasteiger partial charge in [-0.1, -0.05) is 26.0 Å². The van der Waals surface area contributed by atoms with Crippen LogP contribution in [-0.2, 0) is 4.74 Å². The monoisotopic (exact) mass is 256 g/mol. The van der Waals surface area contributed by atoms with Crippen molar-refractivity contribution in [3.8, 4) is 0 Å². The Bertz CT molecular complexity index is 427. The van der Waals surface area contributed by atoms with Crippen LogP contribution in [0.3, 0.4) is 0 Å². The summed E-state index contributed by atoms with van der Waals surface area (Å²) in [6, 6.07) is 11.9. The third-order valence-electron chi connectivity index (χ3n) is 3.11. The van der Waals surface area contributed by atoms with E-state index in [0.29, 0.717) is 0 Å². The Morgan fingerprint density at radius 2 is 1.32 bits per heavy atom. The highest BCUT2D eigenvalue weighted by Crippen LogP contribution is 2.28. The lowest BCUT2D eigenvalue weighted by Crippen LogP contribution is -2.11. The van der Waals surface area contributed by atoms with E-state index in [4.69, 9.17) is 4.74 Å². The van der Waals surface area contributed by atoms with Crippen LogP contribution in [0.15, 0.2) is 48.8 Å². The molecule has 3 nitrogen and oxygen atoms in total. The second-order valence-electron chi connectivity index (χ2n) is 4.44. The Labute approximate surface area is 114 Å². The van der Waals surface area contributed by atoms with E-state index in [2.05, 4.69) is 23.8 Å². The van der Waals surface area contributed by atoms with Crippen molar-refractivity contribution in [3.63, 3.8) is 0 Å². The third-order valence-corrected chi connectivity index (χ3v) is 3.11. The van der Waals surface area contributed by atoms with Crippen molar-refractivity contribution in [1.82, 2.24) is 9.97 Å². The fourth-order valence-corrected chi connectivity index (χ4v) is 2.08. The highest BCUT2D eigenvalue weighted by molar-refractivity contribution is 5.09. The van der Waals surface area contributed by atoms with Gasteiger partial charge in [0.05, 0.1) is 11.4 Å². The van der Waals surface area contributed by atoms with E-state index in [0.717, 1.165) is 24.2 Å². The highest BCUT2D eigenvalue weighted by Gasteiger charge is 2.18. The molecule has 0 aromatic carbocycles. The van der Waals surface area contributed by atoms with Gasteiger partial charge in [0.2, 0.25) is 0 Å². The summed E-state index contributed by atoms with van der Waals surface area (Å²) in [7, 11) is 0. The van der Waals surface area contributed by atoms with Crippen molar-refractivity contribution < 1.29 is 4.74 Å². The van der Waals surface area contributed by atoms with Crippen LogP contribution in [0.1, 0.15) is 50.3 Å². The summed E-state index contributed by atoms with van der Waals surface area (Å²) >= 11 is 0. The Morgan fingerprint density at radius 3 is 1.63 bits per heavy atom. The lowest BCUT2D eigenvalue weighted by molar-refractivity contribution is -0.0235. The number of rotatable bonds is 6. The van der Waals surface area contributed by atoms with E-state index in [1.807, 2.05) is 48.8 Å². The van der Waals surface area contributed by atoms with Gasteiger partial charge in [-0.25, -0.2) is 0 Å². The molecule has 0 radical (unpaired) electrons. The summed E-state index contributed by atoms with van der Waals surface area (Å²) in [5.74, 6) is 0. The average Bonchev–Trinajstić information content (AvgIpc) is 2.50. The molecular weight excluding hydrogens is 236 g/mol. The number of hydrogen-bond acceptors (Lipinski definition) is 3. The van der Waals surface area contributed by atoms with E-state index < -0.39 is 0 Å². The lowest BCUT2D eigenvalue weighted by atomic mass is 10.1. The van der Waals surface area contributed by atoms with Gasteiger partial charge in [0.25, 0.3) is 0 Å². The van der Waals surface area contributed by atoms with Crippen LogP contribution in [0.4, 0.5) is 0 Å². The van der Waals surface area contributed by atoms with Crippen LogP contribution in [0.5, 0.6) is 0 Å². The minimum Gasteiger partial charge on any atom is -0.362 e. The molecule has 0 fully saturated rings. The summed E-state index contributed by atoms with van der Waals surface area (Å²) in [5.41, 5.74) is 1.97. The molecule has 2 aromatic rings. The number of nitrogens with zero attached hydrogens (tertiary/aromatic N) is 2. The van der Waals surface area contributed by atoms with Gasteiger partial charge in [-0.05, 0) is 37.1 Å². The first-order valence-corrected chi connectivity index (χ1v) is 6.82. The topological polar surface area (TPSA) is 35.0 Å². The van der Waals surface area contributed by atoms with Gasteiger partial charge in [0.15, 0.2) is 0 Å². The maximum absolute atomic E-state index is 6.20. The molecule has 2 heterocycles. The standard InChI is InChI=1S/C16H20N2O/c1-3-15(13-9-5-7-11-17-13)19-16(4-2)14-10-6-8-12-18-14/h5-12,15-16H,3-4H2,1-2H3. The van der Waals surface area contributed by atoms with Gasteiger partial charge in [0.1, 0.15) is 12.2 Å². The Kier molecular flexibility index (Phi) is 5.04. The summed E-state index contributed by atoms with van der Waals surface area (Å²) < 4.78 is 6.20. The summed E-state index contributed by atoms with van der Waals surface area (Å²) in [6.45, 7) is 4.23. The lowest BCUT2D eigenvalue weighted by Gasteiger charge is -2.22. The normalized spacial score (nSPS) is 14.0. The number of aromatic nitrogens is 2. The molecule has 2 unspecified atom stereocenters. The zero-order valence-electron chi connectivity index (χ0n) is 11.5. The molecule has 2 atom stereocenters. The van der Waals surface area contributed by atoms with E-state index in [9.17, 15) is 0 Å². The Hall–Kier alpha value is -1.74. The third kappa shape index (κ3) is 3.61. The first kappa shape index (κ1) is 13.7. The van der Waals surface area contributed by atoms with Crippen LogP contribution in [0.2, 0.25) is 0 Å². The number of hydrogen-bond donors (Lipinski definition) is 0. The first-order valence-electron chi connectivity index (χ1n) is 6.82. The highest BCUT2D eigenvalue weighted by atomic mass is 16.5. The van der Waals surface area contributed by atoms with Gasteiger partial charge in [-0.15, -0.1) is 0 Å². The maximum Gasteiger partial charge on any atom is 0.100 e. The first-order chi connectivity index (χ1) is 9.35. The molecular formula is C16H20N2O. The van der Waals surface area contributed by atoms with Gasteiger partial charge >= 0.3 is 0 Å². The molecule has 0 N–H and O–H groups in total. The quantitative estimate of drug-likeness (QED) is 0.780. The minimum absolute atomic E-state index is 0.0214. The van der Waals surface area contributed by atoms with Crippen molar-refractivity contribution >= 4 is 0 Å². The predicted octanol–water partition coefficient (Wildman–Crippen LogP) is 4.10. The average molecular weight is 256 g/mol. The molecule has 19 heavy (non-hydrogen) atoms. The zero-order valence-corrected chi connectivity index (χ0v) is 11.5. The van der Waals surface area contributed by atoms with Crippen LogP contribution in [0.25, 0.3) is 0 Å². The molecule has 0 spiro atoms. The van der Waals surface area contributed by atoms with Gasteiger partial charge < -0.3 is 4.74 Å². The second-order valence-corrected chi connectivity index (χ2v) is 4.44. The zero-order chi connectivity index (χ0) is 13.5. The smallest absolute Gasteiger partial charge is 0.100 e. The fourth-order valence-electron chi connectivity index (χ4n) is 2.08. The van der Waals surface area contributed by atoms with Crippen molar-refractivity contribution in [1.29, 1.82) is 0 Å². The molecule has 0 aliphatic rings. The molecule has 3 heteroatoms. The molecule has 0 aliphatic heterocycles. The molecule has 0 amide bonds. The Morgan fingerprint density at radius 1 is 0.842 bits per heavy atom. The molecule has 0 bridgehead atoms.